The van der Waals surface area contributed by atoms with Crippen molar-refractivity contribution in [3.05, 3.63) is 23.9 Å². The zero-order valence-electron chi connectivity index (χ0n) is 12.6. The number of aromatic nitrogens is 1. The van der Waals surface area contributed by atoms with Crippen molar-refractivity contribution in [3.63, 3.8) is 0 Å². The van der Waals surface area contributed by atoms with Gasteiger partial charge in [0.15, 0.2) is 0 Å². The van der Waals surface area contributed by atoms with E-state index in [4.69, 9.17) is 0 Å². The van der Waals surface area contributed by atoms with E-state index >= 15 is 0 Å². The Labute approximate surface area is 121 Å². The van der Waals surface area contributed by atoms with Gasteiger partial charge in [0.05, 0.1) is 0 Å². The lowest BCUT2D eigenvalue weighted by Gasteiger charge is -2.21. The van der Waals surface area contributed by atoms with Crippen molar-refractivity contribution in [2.75, 3.05) is 18.0 Å². The van der Waals surface area contributed by atoms with Gasteiger partial charge >= 0.3 is 0 Å². The van der Waals surface area contributed by atoms with E-state index in [-0.39, 0.29) is 11.8 Å². The van der Waals surface area contributed by atoms with Crippen molar-refractivity contribution in [2.45, 2.75) is 46.1 Å². The minimum Gasteiger partial charge on any atom is -0.357 e. The van der Waals surface area contributed by atoms with E-state index in [2.05, 4.69) is 27.3 Å². The molecule has 1 aliphatic rings. The molecule has 1 fully saturated rings. The summed E-state index contributed by atoms with van der Waals surface area (Å²) in [6.45, 7) is 6.57. The van der Waals surface area contributed by atoms with Crippen LogP contribution in [0.1, 0.15) is 45.1 Å². The predicted molar refractivity (Wildman–Crippen MR) is 81.6 cm³/mol. The first-order valence-electron chi connectivity index (χ1n) is 7.64. The highest BCUT2D eigenvalue weighted by Crippen LogP contribution is 2.17. The Morgan fingerprint density at radius 2 is 1.95 bits per heavy atom. The van der Waals surface area contributed by atoms with E-state index in [0.717, 1.165) is 24.5 Å². The largest absolute Gasteiger partial charge is 0.357 e. The van der Waals surface area contributed by atoms with Crippen LogP contribution < -0.4 is 10.2 Å². The first-order chi connectivity index (χ1) is 9.66. The van der Waals surface area contributed by atoms with Gasteiger partial charge in [-0.15, -0.1) is 0 Å². The minimum absolute atomic E-state index is 0.0272. The molecule has 2 rings (SSSR count). The summed E-state index contributed by atoms with van der Waals surface area (Å²) < 4.78 is 0. The fourth-order valence-corrected chi connectivity index (χ4v) is 2.40. The van der Waals surface area contributed by atoms with Gasteiger partial charge in [-0.05, 0) is 24.5 Å². The summed E-state index contributed by atoms with van der Waals surface area (Å²) in [6.07, 6.45) is 7.05. The van der Waals surface area contributed by atoms with Crippen LogP contribution in [0.4, 0.5) is 5.82 Å². The molecule has 0 atom stereocenters. The van der Waals surface area contributed by atoms with E-state index in [9.17, 15) is 4.79 Å². The highest BCUT2D eigenvalue weighted by atomic mass is 16.1. The monoisotopic (exact) mass is 275 g/mol. The standard InChI is InChI=1S/C16H25N3O/c1-13(2)16(20)18-12-14-7-8-15(17-11-14)19-9-5-3-4-6-10-19/h7-8,11,13H,3-6,9-10,12H2,1-2H3,(H,18,20). The van der Waals surface area contributed by atoms with Gasteiger partial charge in [0.25, 0.3) is 0 Å². The summed E-state index contributed by atoms with van der Waals surface area (Å²) in [5, 5.41) is 2.91. The number of amides is 1. The molecule has 1 aliphatic heterocycles. The molecule has 1 aromatic rings. The maximum atomic E-state index is 11.5. The summed E-state index contributed by atoms with van der Waals surface area (Å²) in [6, 6.07) is 4.13. The second-order valence-electron chi connectivity index (χ2n) is 5.80. The third-order valence-corrected chi connectivity index (χ3v) is 3.73. The summed E-state index contributed by atoms with van der Waals surface area (Å²) in [5.41, 5.74) is 1.05. The SMILES string of the molecule is CC(C)C(=O)NCc1ccc(N2CCCCCC2)nc1. The molecule has 1 saturated heterocycles. The lowest BCUT2D eigenvalue weighted by Crippen LogP contribution is -2.27. The molecule has 20 heavy (non-hydrogen) atoms. The third kappa shape index (κ3) is 4.22. The van der Waals surface area contributed by atoms with E-state index < -0.39 is 0 Å². The van der Waals surface area contributed by atoms with Crippen LogP contribution in [-0.2, 0) is 11.3 Å². The minimum atomic E-state index is 0.0272. The van der Waals surface area contributed by atoms with Crippen LogP contribution >= 0.6 is 0 Å². The maximum Gasteiger partial charge on any atom is 0.222 e. The second kappa shape index (κ2) is 7.27. The first-order valence-corrected chi connectivity index (χ1v) is 7.64. The highest BCUT2D eigenvalue weighted by Gasteiger charge is 2.11. The molecule has 0 aromatic carbocycles. The second-order valence-corrected chi connectivity index (χ2v) is 5.80. The number of hydrogen-bond donors (Lipinski definition) is 1. The van der Waals surface area contributed by atoms with E-state index in [0.29, 0.717) is 6.54 Å². The number of rotatable bonds is 4. The van der Waals surface area contributed by atoms with Gasteiger partial charge < -0.3 is 10.2 Å². The molecule has 1 aromatic heterocycles. The molecule has 4 heteroatoms. The molecule has 0 aliphatic carbocycles. The normalized spacial score (nSPS) is 16.1. The third-order valence-electron chi connectivity index (χ3n) is 3.73. The molecule has 1 N–H and O–H groups in total. The van der Waals surface area contributed by atoms with Gasteiger partial charge in [0, 0.05) is 31.7 Å². The van der Waals surface area contributed by atoms with Gasteiger partial charge in [-0.3, -0.25) is 4.79 Å². The van der Waals surface area contributed by atoms with Gasteiger partial charge in [0.2, 0.25) is 5.91 Å². The topological polar surface area (TPSA) is 45.2 Å². The Hall–Kier alpha value is -1.58. The van der Waals surface area contributed by atoms with Crippen molar-refractivity contribution in [1.82, 2.24) is 10.3 Å². The zero-order chi connectivity index (χ0) is 14.4. The van der Waals surface area contributed by atoms with Crippen LogP contribution in [0, 0.1) is 5.92 Å². The van der Waals surface area contributed by atoms with Crippen LogP contribution in [0.5, 0.6) is 0 Å². The van der Waals surface area contributed by atoms with Crippen LogP contribution in [-0.4, -0.2) is 24.0 Å². The molecular formula is C16H25N3O. The van der Waals surface area contributed by atoms with Crippen molar-refractivity contribution in [3.8, 4) is 0 Å². The quantitative estimate of drug-likeness (QED) is 0.919. The fraction of sp³-hybridized carbons (Fsp3) is 0.625. The predicted octanol–water partition coefficient (Wildman–Crippen LogP) is 2.73. The number of pyridine rings is 1. The molecule has 0 saturated carbocycles. The average molecular weight is 275 g/mol. The Bertz CT molecular complexity index is 420. The molecule has 1 amide bonds. The fourth-order valence-electron chi connectivity index (χ4n) is 2.40. The molecule has 2 heterocycles. The zero-order valence-corrected chi connectivity index (χ0v) is 12.6. The van der Waals surface area contributed by atoms with Crippen molar-refractivity contribution < 1.29 is 4.79 Å². The highest BCUT2D eigenvalue weighted by molar-refractivity contribution is 5.77. The maximum absolute atomic E-state index is 11.5. The Morgan fingerprint density at radius 3 is 2.50 bits per heavy atom. The molecule has 110 valence electrons. The molecule has 0 unspecified atom stereocenters. The number of carbonyl (C=O) groups is 1. The summed E-state index contributed by atoms with van der Waals surface area (Å²) in [5.74, 6) is 1.17. The molecule has 4 nitrogen and oxygen atoms in total. The van der Waals surface area contributed by atoms with Crippen molar-refractivity contribution in [1.29, 1.82) is 0 Å². The van der Waals surface area contributed by atoms with Crippen molar-refractivity contribution >= 4 is 11.7 Å². The lowest BCUT2D eigenvalue weighted by molar-refractivity contribution is -0.124. The average Bonchev–Trinajstić information content (AvgIpc) is 2.74. The van der Waals surface area contributed by atoms with Crippen LogP contribution in [0.15, 0.2) is 18.3 Å². The number of anilines is 1. The first kappa shape index (κ1) is 14.8. The lowest BCUT2D eigenvalue weighted by atomic mass is 10.2. The van der Waals surface area contributed by atoms with E-state index in [1.807, 2.05) is 20.0 Å². The smallest absolute Gasteiger partial charge is 0.222 e. The van der Waals surface area contributed by atoms with Crippen molar-refractivity contribution in [2.24, 2.45) is 5.92 Å². The number of nitrogens with one attached hydrogen (secondary N) is 1. The summed E-state index contributed by atoms with van der Waals surface area (Å²) in [7, 11) is 0. The Balaban J connectivity index is 1.90. The van der Waals surface area contributed by atoms with E-state index in [1.54, 1.807) is 0 Å². The number of carbonyl (C=O) groups excluding carboxylic acids is 1. The summed E-state index contributed by atoms with van der Waals surface area (Å²) >= 11 is 0. The van der Waals surface area contributed by atoms with Gasteiger partial charge in [-0.2, -0.15) is 0 Å². The van der Waals surface area contributed by atoms with Crippen LogP contribution in [0.2, 0.25) is 0 Å². The summed E-state index contributed by atoms with van der Waals surface area (Å²) in [4.78, 5) is 18.4. The van der Waals surface area contributed by atoms with Crippen LogP contribution in [0.25, 0.3) is 0 Å². The Kier molecular flexibility index (Phi) is 5.39. The molecule has 0 radical (unpaired) electrons. The van der Waals surface area contributed by atoms with Gasteiger partial charge in [0.1, 0.15) is 5.82 Å². The number of hydrogen-bond acceptors (Lipinski definition) is 3. The molecule has 0 spiro atoms. The Morgan fingerprint density at radius 1 is 1.25 bits per heavy atom. The molecule has 0 bridgehead atoms. The molecular weight excluding hydrogens is 250 g/mol. The van der Waals surface area contributed by atoms with Gasteiger partial charge in [-0.1, -0.05) is 32.8 Å². The number of nitrogens with zero attached hydrogens (tertiary/aromatic N) is 2. The van der Waals surface area contributed by atoms with Crippen LogP contribution in [0.3, 0.4) is 0 Å². The van der Waals surface area contributed by atoms with Gasteiger partial charge in [-0.25, -0.2) is 4.98 Å². The van der Waals surface area contributed by atoms with E-state index in [1.165, 1.54) is 25.7 Å².